The van der Waals surface area contributed by atoms with Crippen LogP contribution in [0, 0.1) is 0 Å². The minimum Gasteiger partial charge on any atom is -0.309 e. The third-order valence-electron chi connectivity index (χ3n) is 13.6. The van der Waals surface area contributed by atoms with Gasteiger partial charge >= 0.3 is 0 Å². The summed E-state index contributed by atoms with van der Waals surface area (Å²) in [5, 5.41) is 5.16. The van der Waals surface area contributed by atoms with Crippen molar-refractivity contribution in [1.29, 1.82) is 0 Å². The molecule has 1 aliphatic rings. The average molecular weight is 789 g/mol. The molecule has 0 aliphatic heterocycles. The molecule has 1 aliphatic carbocycles. The maximum absolute atomic E-state index is 2.51. The smallest absolute Gasteiger partial charge is 0.0547 e. The molecule has 0 N–H and O–H groups in total. The molecular formula is C59H52N2. The summed E-state index contributed by atoms with van der Waals surface area (Å²) in [5.41, 5.74) is 19.5. The van der Waals surface area contributed by atoms with E-state index in [9.17, 15) is 0 Å². The Morgan fingerprint density at radius 3 is 1.62 bits per heavy atom. The first-order valence-corrected chi connectivity index (χ1v) is 22.0. The van der Waals surface area contributed by atoms with Gasteiger partial charge in [-0.05, 0) is 121 Å². The lowest BCUT2D eigenvalue weighted by atomic mass is 9.68. The molecule has 10 aromatic rings. The van der Waals surface area contributed by atoms with Crippen LogP contribution < -0.4 is 0 Å². The predicted molar refractivity (Wildman–Crippen MR) is 260 cm³/mol. The Bertz CT molecular complexity index is 3330. The first-order valence-electron chi connectivity index (χ1n) is 22.0. The van der Waals surface area contributed by atoms with Crippen LogP contribution in [0.3, 0.4) is 0 Å². The molecule has 298 valence electrons. The summed E-state index contributed by atoms with van der Waals surface area (Å²) in [6.07, 6.45) is 0. The highest BCUT2D eigenvalue weighted by molar-refractivity contribution is 6.11. The van der Waals surface area contributed by atoms with Crippen LogP contribution in [-0.4, -0.2) is 9.13 Å². The van der Waals surface area contributed by atoms with Crippen molar-refractivity contribution in [3.05, 3.63) is 204 Å². The van der Waals surface area contributed by atoms with Gasteiger partial charge in [0, 0.05) is 38.8 Å². The third kappa shape index (κ3) is 5.98. The Kier molecular flexibility index (Phi) is 8.39. The van der Waals surface area contributed by atoms with E-state index >= 15 is 0 Å². The van der Waals surface area contributed by atoms with Crippen molar-refractivity contribution >= 4 is 43.6 Å². The molecule has 0 radical (unpaired) electrons. The summed E-state index contributed by atoms with van der Waals surface area (Å²) < 4.78 is 4.90. The zero-order valence-corrected chi connectivity index (χ0v) is 36.3. The molecule has 0 fully saturated rings. The maximum atomic E-state index is 2.51. The van der Waals surface area contributed by atoms with E-state index in [4.69, 9.17) is 0 Å². The Labute approximate surface area is 359 Å². The lowest BCUT2D eigenvalue weighted by Gasteiger charge is -2.35. The van der Waals surface area contributed by atoms with Gasteiger partial charge in [-0.2, -0.15) is 0 Å². The maximum Gasteiger partial charge on any atom is 0.0547 e. The lowest BCUT2D eigenvalue weighted by molar-refractivity contribution is 0.588. The second-order valence-electron chi connectivity index (χ2n) is 19.5. The summed E-state index contributed by atoms with van der Waals surface area (Å²) in [6.45, 7) is 16.3. The van der Waals surface area contributed by atoms with Gasteiger partial charge < -0.3 is 9.13 Å². The van der Waals surface area contributed by atoms with Crippen LogP contribution in [0.2, 0.25) is 0 Å². The monoisotopic (exact) mass is 788 g/mol. The highest BCUT2D eigenvalue weighted by atomic mass is 15.0. The van der Waals surface area contributed by atoms with Gasteiger partial charge in [-0.15, -0.1) is 0 Å². The fraction of sp³-hybridized carbons (Fsp3) is 0.186. The van der Waals surface area contributed by atoms with Crippen LogP contribution >= 0.6 is 0 Å². The number of hydrogen-bond acceptors (Lipinski definition) is 0. The van der Waals surface area contributed by atoms with Gasteiger partial charge in [0.1, 0.15) is 0 Å². The van der Waals surface area contributed by atoms with E-state index in [0.29, 0.717) is 0 Å². The molecule has 2 atom stereocenters. The summed E-state index contributed by atoms with van der Waals surface area (Å²) in [6, 6.07) is 66.5. The van der Waals surface area contributed by atoms with Gasteiger partial charge in [-0.3, -0.25) is 0 Å². The molecule has 2 aromatic heterocycles. The van der Waals surface area contributed by atoms with Crippen molar-refractivity contribution in [3.63, 3.8) is 0 Å². The highest BCUT2D eigenvalue weighted by Gasteiger charge is 2.34. The van der Waals surface area contributed by atoms with Crippen molar-refractivity contribution in [3.8, 4) is 33.6 Å². The van der Waals surface area contributed by atoms with Gasteiger partial charge in [-0.25, -0.2) is 0 Å². The lowest BCUT2D eigenvalue weighted by Crippen LogP contribution is -2.19. The van der Waals surface area contributed by atoms with Gasteiger partial charge in [0.2, 0.25) is 0 Å². The molecule has 2 heterocycles. The average Bonchev–Trinajstić information content (AvgIpc) is 3.78. The number of para-hydroxylation sites is 3. The summed E-state index contributed by atoms with van der Waals surface area (Å²) in [4.78, 5) is 0. The molecule has 2 nitrogen and oxygen atoms in total. The number of hydrogen-bond donors (Lipinski definition) is 0. The van der Waals surface area contributed by atoms with Crippen LogP contribution in [0.1, 0.15) is 88.1 Å². The van der Waals surface area contributed by atoms with Crippen molar-refractivity contribution in [1.82, 2.24) is 9.13 Å². The summed E-state index contributed by atoms with van der Waals surface area (Å²) in [5.74, 6) is 0.420. The molecule has 2 heteroatoms. The number of benzene rings is 8. The molecular weight excluding hydrogens is 737 g/mol. The Hall–Kier alpha value is -6.64. The molecule has 8 aromatic carbocycles. The van der Waals surface area contributed by atoms with E-state index in [1.165, 1.54) is 105 Å². The van der Waals surface area contributed by atoms with E-state index in [-0.39, 0.29) is 22.7 Å². The molecule has 0 amide bonds. The second-order valence-corrected chi connectivity index (χ2v) is 19.5. The van der Waals surface area contributed by atoms with Crippen molar-refractivity contribution in [2.75, 3.05) is 0 Å². The SMILES string of the molecule is CC1c2cc(-c3ccc4c5cc(C(C)(C)C)ccc5n(-c5ccccc5)c4c3)ccc2-c2cc(C(C)(C)C)ccc2C1c1ccc2c3ccccc3n(-c3ccccc3)c2c1. The standard InChI is InChI=1S/C59H52N2/c1-37-50-32-38(39-23-28-48-52-36-42(59(5,6)7)26-31-54(52)61(55(48)33-39)44-18-12-9-13-19-44)22-27-45(50)51-35-41(58(2,3)4)25-30-49(51)57(37)40-24-29-47-46-20-14-15-21-53(46)60(56(47)34-40)43-16-10-8-11-17-43/h8-37,57H,1-7H3. The fourth-order valence-corrected chi connectivity index (χ4v) is 10.4. The van der Waals surface area contributed by atoms with Crippen molar-refractivity contribution < 1.29 is 0 Å². The van der Waals surface area contributed by atoms with Gasteiger partial charge in [0.15, 0.2) is 0 Å². The Balaban J connectivity index is 1.10. The molecule has 0 saturated carbocycles. The predicted octanol–water partition coefficient (Wildman–Crippen LogP) is 16.1. The van der Waals surface area contributed by atoms with Crippen molar-refractivity contribution in [2.45, 2.75) is 71.1 Å². The number of rotatable bonds is 4. The van der Waals surface area contributed by atoms with E-state index in [2.05, 4.69) is 234 Å². The zero-order chi connectivity index (χ0) is 41.8. The van der Waals surface area contributed by atoms with Crippen LogP contribution in [0.25, 0.3) is 77.2 Å². The Morgan fingerprint density at radius 2 is 0.918 bits per heavy atom. The van der Waals surface area contributed by atoms with Gasteiger partial charge in [-0.1, -0.05) is 170 Å². The number of aromatic nitrogens is 2. The summed E-state index contributed by atoms with van der Waals surface area (Å²) >= 11 is 0. The number of fused-ring (bicyclic) bond motifs is 9. The van der Waals surface area contributed by atoms with E-state index in [0.717, 1.165) is 0 Å². The molecule has 0 bridgehead atoms. The molecule has 0 saturated heterocycles. The van der Waals surface area contributed by atoms with Crippen LogP contribution in [0.4, 0.5) is 0 Å². The third-order valence-corrected chi connectivity index (χ3v) is 13.6. The Morgan fingerprint density at radius 1 is 0.377 bits per heavy atom. The highest BCUT2D eigenvalue weighted by Crippen LogP contribution is 2.52. The van der Waals surface area contributed by atoms with Crippen LogP contribution in [0.5, 0.6) is 0 Å². The molecule has 11 rings (SSSR count). The van der Waals surface area contributed by atoms with Crippen LogP contribution in [-0.2, 0) is 10.8 Å². The largest absolute Gasteiger partial charge is 0.309 e. The summed E-state index contributed by atoms with van der Waals surface area (Å²) in [7, 11) is 0. The fourth-order valence-electron chi connectivity index (χ4n) is 10.4. The van der Waals surface area contributed by atoms with Gasteiger partial charge in [0.05, 0.1) is 22.1 Å². The molecule has 0 spiro atoms. The van der Waals surface area contributed by atoms with Crippen LogP contribution in [0.15, 0.2) is 176 Å². The zero-order valence-electron chi connectivity index (χ0n) is 36.3. The van der Waals surface area contributed by atoms with E-state index < -0.39 is 0 Å². The molecule has 61 heavy (non-hydrogen) atoms. The van der Waals surface area contributed by atoms with Gasteiger partial charge in [0.25, 0.3) is 0 Å². The minimum atomic E-state index is 0.0312. The minimum absolute atomic E-state index is 0.0312. The van der Waals surface area contributed by atoms with E-state index in [1.54, 1.807) is 0 Å². The first-order chi connectivity index (χ1) is 29.4. The normalized spacial score (nSPS) is 15.5. The number of nitrogens with zero attached hydrogens (tertiary/aromatic N) is 2. The quantitative estimate of drug-likeness (QED) is 0.168. The van der Waals surface area contributed by atoms with E-state index in [1.807, 2.05) is 0 Å². The molecule has 2 unspecified atom stereocenters. The van der Waals surface area contributed by atoms with Crippen molar-refractivity contribution in [2.24, 2.45) is 0 Å². The first kappa shape index (κ1) is 37.4. The topological polar surface area (TPSA) is 9.86 Å². The second kappa shape index (κ2) is 13.7.